The zero-order valence-electron chi connectivity index (χ0n) is 13.0. The average Bonchev–Trinajstić information content (AvgIpc) is 2.52. The highest BCUT2D eigenvalue weighted by molar-refractivity contribution is 8.00. The molecule has 0 radical (unpaired) electrons. The van der Waals surface area contributed by atoms with Crippen LogP contribution >= 0.6 is 11.8 Å². The summed E-state index contributed by atoms with van der Waals surface area (Å²) in [5, 5.41) is 3.00. The quantitative estimate of drug-likeness (QED) is 0.784. The van der Waals surface area contributed by atoms with Crippen LogP contribution in [-0.2, 0) is 4.79 Å². The molecule has 114 valence electrons. The Labute approximate surface area is 136 Å². The lowest BCUT2D eigenvalue weighted by Gasteiger charge is -2.10. The molecule has 1 N–H and O–H groups in total. The van der Waals surface area contributed by atoms with Gasteiger partial charge in [-0.3, -0.25) is 4.79 Å². The van der Waals surface area contributed by atoms with Crippen LogP contribution in [0.2, 0.25) is 0 Å². The van der Waals surface area contributed by atoms with Crippen LogP contribution < -0.4 is 5.32 Å². The summed E-state index contributed by atoms with van der Waals surface area (Å²) < 4.78 is 0. The summed E-state index contributed by atoms with van der Waals surface area (Å²) in [5.41, 5.74) is 4.32. The Bertz CT molecular complexity index is 629. The largest absolute Gasteiger partial charge is 0.325 e. The lowest BCUT2D eigenvalue weighted by atomic mass is 10.1. The van der Waals surface area contributed by atoms with Crippen LogP contribution in [0.4, 0.5) is 5.69 Å². The fourth-order valence-electron chi connectivity index (χ4n) is 2.16. The number of aryl methyl sites for hydroxylation is 2. The average molecular weight is 311 g/mol. The first-order valence-corrected chi connectivity index (χ1v) is 8.47. The Balaban J connectivity index is 1.75. The molecular formula is C19H21NOS. The molecule has 0 atom stereocenters. The van der Waals surface area contributed by atoms with E-state index in [9.17, 15) is 4.79 Å². The predicted octanol–water partition coefficient (Wildman–Crippen LogP) is 4.69. The van der Waals surface area contributed by atoms with Crippen molar-refractivity contribution in [2.24, 2.45) is 0 Å². The molecule has 3 heteroatoms. The van der Waals surface area contributed by atoms with Gasteiger partial charge in [-0.25, -0.2) is 0 Å². The maximum absolute atomic E-state index is 12.0. The number of nitrogens with one attached hydrogen (secondary N) is 1. The number of hydrogen-bond donors (Lipinski definition) is 1. The van der Waals surface area contributed by atoms with E-state index < -0.39 is 0 Å². The Morgan fingerprint density at radius 2 is 1.73 bits per heavy atom. The number of para-hydroxylation sites is 1. The summed E-state index contributed by atoms with van der Waals surface area (Å²) in [6.07, 6.45) is 4.17. The van der Waals surface area contributed by atoms with Crippen molar-refractivity contribution in [3.8, 4) is 0 Å². The first kappa shape index (κ1) is 16.4. The molecule has 0 aliphatic heterocycles. The van der Waals surface area contributed by atoms with E-state index >= 15 is 0 Å². The molecule has 0 aromatic heterocycles. The van der Waals surface area contributed by atoms with Gasteiger partial charge in [0.15, 0.2) is 0 Å². The second-order valence-corrected chi connectivity index (χ2v) is 6.17. The van der Waals surface area contributed by atoms with Gasteiger partial charge in [0.05, 0.1) is 5.75 Å². The highest BCUT2D eigenvalue weighted by Gasteiger charge is 2.06. The molecule has 0 aliphatic rings. The van der Waals surface area contributed by atoms with Gasteiger partial charge in [0.1, 0.15) is 0 Å². The standard InChI is InChI=1S/C19H21NOS/c1-15-8-6-9-16(2)19(15)20-18(21)14-22-13-7-12-17-10-4-3-5-11-17/h3-12H,13-14H2,1-2H3,(H,20,21)/b12-7+. The van der Waals surface area contributed by atoms with Crippen LogP contribution in [0.15, 0.2) is 54.6 Å². The second-order valence-electron chi connectivity index (χ2n) is 5.14. The summed E-state index contributed by atoms with van der Waals surface area (Å²) in [4.78, 5) is 12.0. The minimum absolute atomic E-state index is 0.0514. The number of carbonyl (C=O) groups is 1. The topological polar surface area (TPSA) is 29.1 Å². The Morgan fingerprint density at radius 1 is 1.05 bits per heavy atom. The number of benzene rings is 2. The number of thioether (sulfide) groups is 1. The molecule has 0 aliphatic carbocycles. The highest BCUT2D eigenvalue weighted by atomic mass is 32.2. The lowest BCUT2D eigenvalue weighted by molar-refractivity contribution is -0.113. The number of rotatable bonds is 6. The van der Waals surface area contributed by atoms with Crippen molar-refractivity contribution >= 4 is 29.4 Å². The van der Waals surface area contributed by atoms with E-state index in [0.717, 1.165) is 22.6 Å². The molecule has 2 aromatic carbocycles. The van der Waals surface area contributed by atoms with Gasteiger partial charge in [-0.1, -0.05) is 60.7 Å². The molecule has 22 heavy (non-hydrogen) atoms. The van der Waals surface area contributed by atoms with Gasteiger partial charge >= 0.3 is 0 Å². The van der Waals surface area contributed by atoms with Gasteiger partial charge in [0, 0.05) is 11.4 Å². The summed E-state index contributed by atoms with van der Waals surface area (Å²) in [5.74, 6) is 1.35. The van der Waals surface area contributed by atoms with E-state index in [-0.39, 0.29) is 5.91 Å². The SMILES string of the molecule is Cc1cccc(C)c1NC(=O)CSC/C=C/c1ccccc1. The van der Waals surface area contributed by atoms with E-state index in [0.29, 0.717) is 5.75 Å². The second kappa shape index (κ2) is 8.44. The van der Waals surface area contributed by atoms with Gasteiger partial charge < -0.3 is 5.32 Å². The molecule has 0 heterocycles. The number of hydrogen-bond acceptors (Lipinski definition) is 2. The van der Waals surface area contributed by atoms with E-state index in [1.807, 2.05) is 50.2 Å². The molecule has 0 saturated carbocycles. The lowest BCUT2D eigenvalue weighted by Crippen LogP contribution is -2.15. The molecule has 0 spiro atoms. The third kappa shape index (κ3) is 5.08. The normalized spacial score (nSPS) is 10.8. The van der Waals surface area contributed by atoms with Gasteiger partial charge in [-0.05, 0) is 30.5 Å². The van der Waals surface area contributed by atoms with Crippen molar-refractivity contribution in [1.29, 1.82) is 0 Å². The first-order chi connectivity index (χ1) is 10.7. The van der Waals surface area contributed by atoms with E-state index in [4.69, 9.17) is 0 Å². The zero-order chi connectivity index (χ0) is 15.8. The van der Waals surface area contributed by atoms with E-state index in [2.05, 4.69) is 29.6 Å². The molecule has 1 amide bonds. The van der Waals surface area contributed by atoms with Crippen molar-refractivity contribution in [3.05, 3.63) is 71.3 Å². The van der Waals surface area contributed by atoms with Crippen molar-refractivity contribution in [2.45, 2.75) is 13.8 Å². The molecular weight excluding hydrogens is 290 g/mol. The maximum Gasteiger partial charge on any atom is 0.234 e. The summed E-state index contributed by atoms with van der Waals surface area (Å²) in [6.45, 7) is 4.02. The minimum Gasteiger partial charge on any atom is -0.325 e. The summed E-state index contributed by atoms with van der Waals surface area (Å²) >= 11 is 1.61. The first-order valence-electron chi connectivity index (χ1n) is 7.32. The maximum atomic E-state index is 12.0. The summed E-state index contributed by atoms with van der Waals surface area (Å²) in [6, 6.07) is 16.2. The summed E-state index contributed by atoms with van der Waals surface area (Å²) in [7, 11) is 0. The fourth-order valence-corrected chi connectivity index (χ4v) is 2.76. The minimum atomic E-state index is 0.0514. The smallest absolute Gasteiger partial charge is 0.234 e. The van der Waals surface area contributed by atoms with Gasteiger partial charge in [0.2, 0.25) is 5.91 Å². The van der Waals surface area contributed by atoms with E-state index in [1.54, 1.807) is 11.8 Å². The van der Waals surface area contributed by atoms with Crippen LogP contribution in [0.5, 0.6) is 0 Å². The monoisotopic (exact) mass is 311 g/mol. The number of amides is 1. The highest BCUT2D eigenvalue weighted by Crippen LogP contribution is 2.19. The van der Waals surface area contributed by atoms with E-state index in [1.165, 1.54) is 5.56 Å². The number of carbonyl (C=O) groups excluding carboxylic acids is 1. The van der Waals surface area contributed by atoms with Crippen molar-refractivity contribution in [2.75, 3.05) is 16.8 Å². The molecule has 0 fully saturated rings. The number of anilines is 1. The van der Waals surface area contributed by atoms with Crippen LogP contribution in [0.1, 0.15) is 16.7 Å². The van der Waals surface area contributed by atoms with Crippen molar-refractivity contribution < 1.29 is 4.79 Å². The molecule has 0 saturated heterocycles. The van der Waals surface area contributed by atoms with Crippen LogP contribution in [0.3, 0.4) is 0 Å². The zero-order valence-corrected chi connectivity index (χ0v) is 13.8. The third-order valence-electron chi connectivity index (χ3n) is 3.30. The van der Waals surface area contributed by atoms with Crippen molar-refractivity contribution in [3.63, 3.8) is 0 Å². The predicted molar refractivity (Wildman–Crippen MR) is 97.3 cm³/mol. The molecule has 2 aromatic rings. The van der Waals surface area contributed by atoms with Gasteiger partial charge in [0.25, 0.3) is 0 Å². The third-order valence-corrected chi connectivity index (χ3v) is 4.20. The molecule has 2 rings (SSSR count). The van der Waals surface area contributed by atoms with Crippen LogP contribution in [0.25, 0.3) is 6.08 Å². The Kier molecular flexibility index (Phi) is 6.28. The molecule has 0 unspecified atom stereocenters. The Morgan fingerprint density at radius 3 is 2.41 bits per heavy atom. The van der Waals surface area contributed by atoms with Crippen LogP contribution in [0, 0.1) is 13.8 Å². The van der Waals surface area contributed by atoms with Gasteiger partial charge in [-0.2, -0.15) is 0 Å². The molecule has 0 bridgehead atoms. The van der Waals surface area contributed by atoms with Gasteiger partial charge in [-0.15, -0.1) is 11.8 Å². The Hall–Kier alpha value is -2.00. The molecule has 2 nitrogen and oxygen atoms in total. The van der Waals surface area contributed by atoms with Crippen LogP contribution in [-0.4, -0.2) is 17.4 Å². The van der Waals surface area contributed by atoms with Crippen molar-refractivity contribution in [1.82, 2.24) is 0 Å². The fraction of sp³-hybridized carbons (Fsp3) is 0.211.